The summed E-state index contributed by atoms with van der Waals surface area (Å²) in [6.07, 6.45) is 1.34. The zero-order valence-corrected chi connectivity index (χ0v) is 16.4. The van der Waals surface area contributed by atoms with Crippen LogP contribution in [0, 0.1) is 5.92 Å². The highest BCUT2D eigenvalue weighted by atomic mass is 16.7. The molecule has 1 aliphatic heterocycles. The van der Waals surface area contributed by atoms with Gasteiger partial charge in [-0.1, -0.05) is 13.3 Å². The van der Waals surface area contributed by atoms with Gasteiger partial charge in [0.1, 0.15) is 18.0 Å². The Morgan fingerprint density at radius 1 is 1.04 bits per heavy atom. The Hall–Kier alpha value is -1.06. The summed E-state index contributed by atoms with van der Waals surface area (Å²) in [6, 6.07) is 0. The molecule has 1 saturated heterocycles. The SMILES string of the molecule is CC(=O)CCCCCNC(=O)CCCCOC1OC(CO)C(O)C(O)C1C. The molecule has 1 amide bonds. The molecule has 0 aromatic rings. The smallest absolute Gasteiger partial charge is 0.219 e. The van der Waals surface area contributed by atoms with E-state index in [0.29, 0.717) is 38.8 Å². The summed E-state index contributed by atoms with van der Waals surface area (Å²) in [4.78, 5) is 22.6. The van der Waals surface area contributed by atoms with E-state index in [2.05, 4.69) is 5.32 Å². The van der Waals surface area contributed by atoms with Gasteiger partial charge < -0.3 is 34.9 Å². The number of aliphatic hydroxyl groups is 3. The van der Waals surface area contributed by atoms with E-state index in [4.69, 9.17) is 9.47 Å². The molecule has 5 atom stereocenters. The topological polar surface area (TPSA) is 125 Å². The number of hydrogen-bond acceptors (Lipinski definition) is 7. The molecular formula is C19H35NO7. The number of carbonyl (C=O) groups is 2. The third kappa shape index (κ3) is 9.12. The van der Waals surface area contributed by atoms with Crippen LogP contribution in [0.1, 0.15) is 58.8 Å². The third-order valence-electron chi connectivity index (χ3n) is 4.80. The van der Waals surface area contributed by atoms with Crippen molar-refractivity contribution < 1.29 is 34.4 Å². The Bertz CT molecular complexity index is 444. The van der Waals surface area contributed by atoms with E-state index in [0.717, 1.165) is 19.3 Å². The van der Waals surface area contributed by atoms with Crippen molar-refractivity contribution in [1.29, 1.82) is 0 Å². The maximum atomic E-state index is 11.7. The number of hydrogen-bond donors (Lipinski definition) is 4. The van der Waals surface area contributed by atoms with Crippen molar-refractivity contribution in [3.63, 3.8) is 0 Å². The lowest BCUT2D eigenvalue weighted by Crippen LogP contribution is -2.55. The number of ether oxygens (including phenoxy) is 2. The molecule has 4 N–H and O–H groups in total. The van der Waals surface area contributed by atoms with Gasteiger partial charge in [0.05, 0.1) is 12.7 Å². The van der Waals surface area contributed by atoms with E-state index in [9.17, 15) is 24.9 Å². The van der Waals surface area contributed by atoms with E-state index < -0.39 is 30.5 Å². The van der Waals surface area contributed by atoms with Crippen molar-refractivity contribution in [2.45, 2.75) is 83.4 Å². The highest BCUT2D eigenvalue weighted by Gasteiger charge is 2.42. The quantitative estimate of drug-likeness (QED) is 0.338. The van der Waals surface area contributed by atoms with E-state index in [1.54, 1.807) is 13.8 Å². The summed E-state index contributed by atoms with van der Waals surface area (Å²) in [6.45, 7) is 3.91. The molecule has 27 heavy (non-hydrogen) atoms. The normalized spacial score (nSPS) is 28.1. The number of rotatable bonds is 13. The summed E-state index contributed by atoms with van der Waals surface area (Å²) < 4.78 is 11.1. The van der Waals surface area contributed by atoms with Gasteiger partial charge in [-0.05, 0) is 32.6 Å². The molecule has 8 heteroatoms. The van der Waals surface area contributed by atoms with Crippen LogP contribution in [0.3, 0.4) is 0 Å². The lowest BCUT2D eigenvalue weighted by atomic mass is 9.92. The first kappa shape index (κ1) is 24.0. The van der Waals surface area contributed by atoms with Crippen LogP contribution in [0.25, 0.3) is 0 Å². The Kier molecular flexibility index (Phi) is 11.7. The second-order valence-electron chi connectivity index (χ2n) is 7.26. The highest BCUT2D eigenvalue weighted by Crippen LogP contribution is 2.26. The number of unbranched alkanes of at least 4 members (excludes halogenated alkanes) is 3. The Labute approximate surface area is 161 Å². The molecule has 1 fully saturated rings. The first-order valence-electron chi connectivity index (χ1n) is 9.87. The number of aliphatic hydroxyl groups excluding tert-OH is 3. The van der Waals surface area contributed by atoms with Crippen LogP contribution in [0.2, 0.25) is 0 Å². The summed E-state index contributed by atoms with van der Waals surface area (Å²) in [5, 5.41) is 31.8. The predicted octanol–water partition coefficient (Wildman–Crippen LogP) is 0.514. The summed E-state index contributed by atoms with van der Waals surface area (Å²) in [5.74, 6) is -0.205. The molecule has 0 aromatic heterocycles. The lowest BCUT2D eigenvalue weighted by Gasteiger charge is -2.40. The molecule has 158 valence electrons. The fraction of sp³-hybridized carbons (Fsp3) is 0.895. The van der Waals surface area contributed by atoms with E-state index in [-0.39, 0.29) is 18.3 Å². The minimum absolute atomic E-state index is 0.00254. The summed E-state index contributed by atoms with van der Waals surface area (Å²) >= 11 is 0. The van der Waals surface area contributed by atoms with Gasteiger partial charge in [0, 0.05) is 31.9 Å². The van der Waals surface area contributed by atoms with Crippen molar-refractivity contribution >= 4 is 11.7 Å². The van der Waals surface area contributed by atoms with Crippen LogP contribution in [0.5, 0.6) is 0 Å². The predicted molar refractivity (Wildman–Crippen MR) is 98.9 cm³/mol. The van der Waals surface area contributed by atoms with Gasteiger partial charge >= 0.3 is 0 Å². The van der Waals surface area contributed by atoms with Gasteiger partial charge in [-0.2, -0.15) is 0 Å². The zero-order valence-electron chi connectivity index (χ0n) is 16.4. The standard InChI is InChI=1S/C19H35NO7/c1-13(22)8-4-3-6-10-20-16(23)9-5-7-11-26-19-14(2)17(24)18(25)15(12-21)27-19/h14-15,17-19,21,24-25H,3-12H2,1-2H3,(H,20,23). The Morgan fingerprint density at radius 2 is 1.74 bits per heavy atom. The fourth-order valence-electron chi connectivity index (χ4n) is 2.99. The van der Waals surface area contributed by atoms with Gasteiger partial charge in [-0.25, -0.2) is 0 Å². The first-order chi connectivity index (χ1) is 12.9. The summed E-state index contributed by atoms with van der Waals surface area (Å²) in [7, 11) is 0. The fourth-order valence-corrected chi connectivity index (χ4v) is 2.99. The Morgan fingerprint density at radius 3 is 2.41 bits per heavy atom. The largest absolute Gasteiger partial charge is 0.394 e. The van der Waals surface area contributed by atoms with Crippen molar-refractivity contribution in [2.75, 3.05) is 19.8 Å². The van der Waals surface area contributed by atoms with Gasteiger partial charge in [0.2, 0.25) is 5.91 Å². The van der Waals surface area contributed by atoms with Crippen LogP contribution in [-0.2, 0) is 19.1 Å². The van der Waals surface area contributed by atoms with Crippen LogP contribution in [0.4, 0.5) is 0 Å². The average Bonchev–Trinajstić information content (AvgIpc) is 2.63. The Balaban J connectivity index is 2.07. The van der Waals surface area contributed by atoms with Crippen molar-refractivity contribution in [3.05, 3.63) is 0 Å². The molecule has 0 radical (unpaired) electrons. The highest BCUT2D eigenvalue weighted by molar-refractivity contribution is 5.76. The number of ketones is 1. The first-order valence-corrected chi connectivity index (χ1v) is 9.87. The molecule has 1 aliphatic rings. The molecule has 0 aromatic carbocycles. The molecular weight excluding hydrogens is 354 g/mol. The second-order valence-corrected chi connectivity index (χ2v) is 7.26. The average molecular weight is 389 g/mol. The van der Waals surface area contributed by atoms with Crippen LogP contribution in [-0.4, -0.2) is 71.4 Å². The zero-order chi connectivity index (χ0) is 20.2. The van der Waals surface area contributed by atoms with Crippen molar-refractivity contribution in [3.8, 4) is 0 Å². The van der Waals surface area contributed by atoms with E-state index in [1.807, 2.05) is 0 Å². The van der Waals surface area contributed by atoms with Gasteiger partial charge in [0.15, 0.2) is 6.29 Å². The van der Waals surface area contributed by atoms with Crippen LogP contribution >= 0.6 is 0 Å². The minimum atomic E-state index is -1.13. The maximum Gasteiger partial charge on any atom is 0.219 e. The molecule has 8 nitrogen and oxygen atoms in total. The van der Waals surface area contributed by atoms with Gasteiger partial charge in [-0.15, -0.1) is 0 Å². The summed E-state index contributed by atoms with van der Waals surface area (Å²) in [5.41, 5.74) is 0. The number of amides is 1. The van der Waals surface area contributed by atoms with Crippen molar-refractivity contribution in [1.82, 2.24) is 5.32 Å². The molecule has 1 rings (SSSR count). The monoisotopic (exact) mass is 389 g/mol. The molecule has 1 heterocycles. The van der Waals surface area contributed by atoms with Crippen LogP contribution in [0.15, 0.2) is 0 Å². The van der Waals surface area contributed by atoms with Crippen molar-refractivity contribution in [2.24, 2.45) is 5.92 Å². The number of Topliss-reactive ketones (excluding diaryl/α,β-unsaturated/α-hetero) is 1. The third-order valence-corrected chi connectivity index (χ3v) is 4.80. The molecule has 0 spiro atoms. The van der Waals surface area contributed by atoms with E-state index in [1.165, 1.54) is 0 Å². The molecule has 0 saturated carbocycles. The van der Waals surface area contributed by atoms with Crippen LogP contribution < -0.4 is 5.32 Å². The number of carbonyl (C=O) groups excluding carboxylic acids is 2. The van der Waals surface area contributed by atoms with Gasteiger partial charge in [-0.3, -0.25) is 4.79 Å². The number of nitrogens with one attached hydrogen (secondary N) is 1. The lowest BCUT2D eigenvalue weighted by molar-refractivity contribution is -0.282. The van der Waals surface area contributed by atoms with Gasteiger partial charge in [0.25, 0.3) is 0 Å². The van der Waals surface area contributed by atoms with E-state index >= 15 is 0 Å². The minimum Gasteiger partial charge on any atom is -0.394 e. The second kappa shape index (κ2) is 13.2. The maximum absolute atomic E-state index is 11.7. The molecule has 5 unspecified atom stereocenters. The molecule has 0 bridgehead atoms. The molecule has 0 aliphatic carbocycles.